The van der Waals surface area contributed by atoms with E-state index in [4.69, 9.17) is 9.73 Å². The lowest BCUT2D eigenvalue weighted by Crippen LogP contribution is -2.23. The molecule has 0 saturated heterocycles. The molecule has 28 heavy (non-hydrogen) atoms. The number of aryl methyl sites for hydroxylation is 2. The summed E-state index contributed by atoms with van der Waals surface area (Å²) in [6, 6.07) is 5.99. The maximum atomic E-state index is 13.4. The lowest BCUT2D eigenvalue weighted by molar-refractivity contribution is 0.345. The third kappa shape index (κ3) is 4.50. The van der Waals surface area contributed by atoms with Crippen molar-refractivity contribution in [2.45, 2.75) is 47.0 Å². The van der Waals surface area contributed by atoms with E-state index in [0.717, 1.165) is 34.2 Å². The van der Waals surface area contributed by atoms with Gasteiger partial charge in [-0.3, -0.25) is 4.39 Å². The second-order valence-corrected chi connectivity index (χ2v) is 8.47. The second-order valence-electron chi connectivity index (χ2n) is 7.73. The Morgan fingerprint density at radius 1 is 1.36 bits per heavy atom. The summed E-state index contributed by atoms with van der Waals surface area (Å²) in [6.07, 6.45) is 0. The second kappa shape index (κ2) is 8.70. The average molecular weight is 403 g/mol. The van der Waals surface area contributed by atoms with Crippen LogP contribution in [0.1, 0.15) is 50.1 Å². The zero-order chi connectivity index (χ0) is 21.1. The fourth-order valence-corrected chi connectivity index (χ4v) is 3.55. The lowest BCUT2D eigenvalue weighted by atomic mass is 9.89. The molecule has 1 heterocycles. The van der Waals surface area contributed by atoms with E-state index in [0.29, 0.717) is 22.1 Å². The van der Waals surface area contributed by atoms with Crippen molar-refractivity contribution in [2.24, 2.45) is 10.9 Å². The minimum Gasteiger partial charge on any atom is -0.443 e. The largest absolute Gasteiger partial charge is 0.443 e. The van der Waals surface area contributed by atoms with Gasteiger partial charge in [0.1, 0.15) is 29.9 Å². The SMILES string of the molecule is CNC(=Nc1cc(C)c(Oc2snc(C(C)(C)CF)c2C#N)cc1C)C(C)C. The van der Waals surface area contributed by atoms with Gasteiger partial charge in [-0.25, -0.2) is 4.99 Å². The smallest absolute Gasteiger partial charge is 0.218 e. The highest BCUT2D eigenvalue weighted by atomic mass is 32.1. The van der Waals surface area contributed by atoms with Crippen LogP contribution in [-0.2, 0) is 5.41 Å². The van der Waals surface area contributed by atoms with Gasteiger partial charge in [0.2, 0.25) is 5.06 Å². The molecule has 0 atom stereocenters. The van der Waals surface area contributed by atoms with Crippen LogP contribution in [0.25, 0.3) is 0 Å². The Morgan fingerprint density at radius 3 is 2.57 bits per heavy atom. The average Bonchev–Trinajstić information content (AvgIpc) is 3.06. The first-order chi connectivity index (χ1) is 13.1. The van der Waals surface area contributed by atoms with E-state index < -0.39 is 12.1 Å². The molecule has 1 aromatic heterocycles. The highest BCUT2D eigenvalue weighted by Crippen LogP contribution is 2.39. The van der Waals surface area contributed by atoms with Gasteiger partial charge in [-0.05, 0) is 37.1 Å². The van der Waals surface area contributed by atoms with Crippen molar-refractivity contribution in [3.8, 4) is 16.9 Å². The fraction of sp³-hybridized carbons (Fsp3) is 0.476. The van der Waals surface area contributed by atoms with Crippen LogP contribution in [0.2, 0.25) is 0 Å². The molecule has 0 bridgehead atoms. The van der Waals surface area contributed by atoms with Gasteiger partial charge >= 0.3 is 0 Å². The van der Waals surface area contributed by atoms with Crippen LogP contribution in [-0.4, -0.2) is 23.9 Å². The van der Waals surface area contributed by atoms with Gasteiger partial charge in [-0.2, -0.15) is 9.64 Å². The Morgan fingerprint density at radius 2 is 2.04 bits per heavy atom. The fourth-order valence-electron chi connectivity index (χ4n) is 2.68. The quantitative estimate of drug-likeness (QED) is 0.506. The molecule has 0 unspecified atom stereocenters. The Kier molecular flexibility index (Phi) is 6.78. The predicted molar refractivity (Wildman–Crippen MR) is 113 cm³/mol. The van der Waals surface area contributed by atoms with Crippen molar-refractivity contribution in [3.05, 3.63) is 34.5 Å². The highest BCUT2D eigenvalue weighted by molar-refractivity contribution is 7.08. The number of hydrogen-bond acceptors (Lipinski definition) is 5. The number of halogens is 1. The number of ether oxygens (including phenoxy) is 1. The molecule has 0 saturated carbocycles. The molecule has 0 fully saturated rings. The molecule has 0 aliphatic carbocycles. The first-order valence-electron chi connectivity index (χ1n) is 9.16. The number of nitrogens with one attached hydrogen (secondary N) is 1. The Hall–Kier alpha value is -2.46. The van der Waals surface area contributed by atoms with Crippen molar-refractivity contribution >= 4 is 23.1 Å². The number of aromatic nitrogens is 1. The van der Waals surface area contributed by atoms with Crippen LogP contribution in [0.3, 0.4) is 0 Å². The minimum absolute atomic E-state index is 0.285. The van der Waals surface area contributed by atoms with Gasteiger partial charge in [0.25, 0.3) is 0 Å². The molecule has 1 N–H and O–H groups in total. The number of amidine groups is 1. The van der Waals surface area contributed by atoms with E-state index in [1.807, 2.05) is 33.0 Å². The summed E-state index contributed by atoms with van der Waals surface area (Å²) in [5.41, 5.74) is 2.63. The highest BCUT2D eigenvalue weighted by Gasteiger charge is 2.30. The molecule has 0 aliphatic rings. The summed E-state index contributed by atoms with van der Waals surface area (Å²) < 4.78 is 23.7. The molecular formula is C21H27FN4OS. The Labute approximate surface area is 170 Å². The molecule has 0 aliphatic heterocycles. The predicted octanol–water partition coefficient (Wildman–Crippen LogP) is 5.58. The number of alkyl halides is 1. The van der Waals surface area contributed by atoms with Gasteiger partial charge < -0.3 is 10.1 Å². The summed E-state index contributed by atoms with van der Waals surface area (Å²) >= 11 is 1.08. The minimum atomic E-state index is -0.826. The van der Waals surface area contributed by atoms with Crippen LogP contribution < -0.4 is 10.1 Å². The first-order valence-corrected chi connectivity index (χ1v) is 9.93. The number of nitriles is 1. The molecule has 0 radical (unpaired) electrons. The zero-order valence-corrected chi connectivity index (χ0v) is 18.3. The lowest BCUT2D eigenvalue weighted by Gasteiger charge is -2.18. The molecule has 2 rings (SSSR count). The third-order valence-electron chi connectivity index (χ3n) is 4.49. The van der Waals surface area contributed by atoms with E-state index in [9.17, 15) is 9.65 Å². The Bertz CT molecular complexity index is 925. The number of hydrogen-bond donors (Lipinski definition) is 1. The monoisotopic (exact) mass is 402 g/mol. The van der Waals surface area contributed by atoms with Crippen LogP contribution >= 0.6 is 11.5 Å². The standard InChI is InChI=1S/C21H27FN4OS/c1-12(2)19(24-7)25-16-8-14(4)17(9-13(16)3)27-20-15(10-23)18(26-28-20)21(5,6)11-22/h8-9,12H,11H2,1-7H3,(H,24,25). The van der Waals surface area contributed by atoms with Gasteiger partial charge in [-0.15, -0.1) is 0 Å². The normalized spacial score (nSPS) is 12.2. The van der Waals surface area contributed by atoms with E-state index in [1.165, 1.54) is 0 Å². The van der Waals surface area contributed by atoms with Gasteiger partial charge in [0.05, 0.1) is 11.4 Å². The number of aliphatic imine (C=N–C) groups is 1. The molecular weight excluding hydrogens is 375 g/mol. The maximum Gasteiger partial charge on any atom is 0.218 e. The maximum absolute atomic E-state index is 13.4. The van der Waals surface area contributed by atoms with Gasteiger partial charge in [0.15, 0.2) is 0 Å². The van der Waals surface area contributed by atoms with Crippen molar-refractivity contribution in [1.29, 1.82) is 5.26 Å². The number of nitrogens with zero attached hydrogens (tertiary/aromatic N) is 3. The number of rotatable bonds is 6. The van der Waals surface area contributed by atoms with Gasteiger partial charge in [-0.1, -0.05) is 27.7 Å². The summed E-state index contributed by atoms with van der Waals surface area (Å²) in [7, 11) is 1.86. The van der Waals surface area contributed by atoms with Crippen molar-refractivity contribution in [3.63, 3.8) is 0 Å². The molecule has 2 aromatic rings. The van der Waals surface area contributed by atoms with Crippen LogP contribution in [0.5, 0.6) is 10.8 Å². The van der Waals surface area contributed by atoms with E-state index >= 15 is 0 Å². The summed E-state index contributed by atoms with van der Waals surface area (Å²) in [5, 5.41) is 13.1. The van der Waals surface area contributed by atoms with Crippen LogP contribution in [0.4, 0.5) is 10.1 Å². The van der Waals surface area contributed by atoms with Gasteiger partial charge in [0, 0.05) is 29.9 Å². The first kappa shape index (κ1) is 21.8. The Balaban J connectivity index is 2.42. The molecule has 1 aromatic carbocycles. The van der Waals surface area contributed by atoms with Crippen LogP contribution in [0, 0.1) is 31.1 Å². The molecule has 7 heteroatoms. The number of benzene rings is 1. The summed E-state index contributed by atoms with van der Waals surface area (Å²) in [6.45, 7) is 10.9. The van der Waals surface area contributed by atoms with E-state index in [-0.39, 0.29) is 5.92 Å². The van der Waals surface area contributed by atoms with Crippen LogP contribution in [0.15, 0.2) is 17.1 Å². The van der Waals surface area contributed by atoms with Crippen molar-refractivity contribution < 1.29 is 9.13 Å². The summed E-state index contributed by atoms with van der Waals surface area (Å²) in [4.78, 5) is 4.71. The third-order valence-corrected chi connectivity index (χ3v) is 5.21. The van der Waals surface area contributed by atoms with E-state index in [2.05, 4.69) is 29.6 Å². The molecule has 150 valence electrons. The molecule has 5 nitrogen and oxygen atoms in total. The zero-order valence-electron chi connectivity index (χ0n) is 17.5. The molecule has 0 spiro atoms. The van der Waals surface area contributed by atoms with Crippen molar-refractivity contribution in [1.82, 2.24) is 9.69 Å². The topological polar surface area (TPSA) is 70.3 Å². The van der Waals surface area contributed by atoms with E-state index in [1.54, 1.807) is 13.8 Å². The molecule has 0 amide bonds. The summed E-state index contributed by atoms with van der Waals surface area (Å²) in [5.74, 6) is 1.83. The van der Waals surface area contributed by atoms with Crippen molar-refractivity contribution in [2.75, 3.05) is 13.7 Å².